The Hall–Kier alpha value is -1.84. The summed E-state index contributed by atoms with van der Waals surface area (Å²) in [5.74, 6) is 2.43. The van der Waals surface area contributed by atoms with Crippen molar-refractivity contribution in [2.24, 2.45) is 0 Å². The van der Waals surface area contributed by atoms with Crippen LogP contribution in [0.2, 0.25) is 0 Å². The zero-order valence-electron chi connectivity index (χ0n) is 11.6. The molecule has 0 aliphatic heterocycles. The van der Waals surface area contributed by atoms with E-state index < -0.39 is 0 Å². The second kappa shape index (κ2) is 6.79. The van der Waals surface area contributed by atoms with E-state index in [-0.39, 0.29) is 0 Å². The Balaban J connectivity index is 3.00. The molecule has 0 atom stereocenters. The van der Waals surface area contributed by atoms with Crippen molar-refractivity contribution < 1.29 is 18.9 Å². The topological polar surface area (TPSA) is 36.9 Å². The SMILES string of the molecule is C/C=C(\C)COc1cc(OC)c(OC)c(OC)c1. The van der Waals surface area contributed by atoms with Crippen LogP contribution in [-0.4, -0.2) is 27.9 Å². The molecule has 0 heterocycles. The lowest BCUT2D eigenvalue weighted by Gasteiger charge is -2.14. The largest absolute Gasteiger partial charge is 0.493 e. The van der Waals surface area contributed by atoms with Crippen molar-refractivity contribution in [2.45, 2.75) is 13.8 Å². The van der Waals surface area contributed by atoms with Crippen LogP contribution in [0.5, 0.6) is 23.0 Å². The van der Waals surface area contributed by atoms with E-state index in [4.69, 9.17) is 18.9 Å². The number of hydrogen-bond donors (Lipinski definition) is 0. The predicted octanol–water partition coefficient (Wildman–Crippen LogP) is 3.06. The van der Waals surface area contributed by atoms with Crippen LogP contribution >= 0.6 is 0 Å². The van der Waals surface area contributed by atoms with Crippen LogP contribution in [0.1, 0.15) is 13.8 Å². The van der Waals surface area contributed by atoms with Gasteiger partial charge in [-0.05, 0) is 19.4 Å². The van der Waals surface area contributed by atoms with E-state index in [1.165, 1.54) is 0 Å². The van der Waals surface area contributed by atoms with Crippen LogP contribution in [0.4, 0.5) is 0 Å². The molecular weight excluding hydrogens is 232 g/mol. The minimum atomic E-state index is 0.537. The van der Waals surface area contributed by atoms with Gasteiger partial charge in [-0.3, -0.25) is 0 Å². The average molecular weight is 252 g/mol. The molecular formula is C14H20O4. The van der Waals surface area contributed by atoms with E-state index in [0.29, 0.717) is 29.6 Å². The van der Waals surface area contributed by atoms with E-state index in [0.717, 1.165) is 5.57 Å². The van der Waals surface area contributed by atoms with Crippen LogP contribution in [0, 0.1) is 0 Å². The molecule has 100 valence electrons. The van der Waals surface area contributed by atoms with Gasteiger partial charge < -0.3 is 18.9 Å². The molecule has 4 nitrogen and oxygen atoms in total. The van der Waals surface area contributed by atoms with Crippen LogP contribution in [-0.2, 0) is 0 Å². The van der Waals surface area contributed by atoms with Crippen molar-refractivity contribution in [3.8, 4) is 23.0 Å². The highest BCUT2D eigenvalue weighted by Gasteiger charge is 2.13. The molecule has 0 aromatic heterocycles. The molecule has 0 saturated carbocycles. The highest BCUT2D eigenvalue weighted by Crippen LogP contribution is 2.40. The maximum absolute atomic E-state index is 5.66. The number of methoxy groups -OCH3 is 3. The van der Waals surface area contributed by atoms with Gasteiger partial charge >= 0.3 is 0 Å². The molecule has 0 fully saturated rings. The van der Waals surface area contributed by atoms with Gasteiger partial charge in [0.15, 0.2) is 11.5 Å². The average Bonchev–Trinajstić information content (AvgIpc) is 2.43. The van der Waals surface area contributed by atoms with Crippen molar-refractivity contribution in [2.75, 3.05) is 27.9 Å². The lowest BCUT2D eigenvalue weighted by Crippen LogP contribution is -2.01. The van der Waals surface area contributed by atoms with Gasteiger partial charge in [-0.1, -0.05) is 6.08 Å². The van der Waals surface area contributed by atoms with Crippen molar-refractivity contribution in [3.63, 3.8) is 0 Å². The third kappa shape index (κ3) is 3.32. The van der Waals surface area contributed by atoms with E-state index in [1.807, 2.05) is 19.9 Å². The molecule has 0 N–H and O–H groups in total. The third-order valence-corrected chi connectivity index (χ3v) is 2.60. The highest BCUT2D eigenvalue weighted by molar-refractivity contribution is 5.55. The van der Waals surface area contributed by atoms with Crippen LogP contribution in [0.25, 0.3) is 0 Å². The maximum atomic E-state index is 5.66. The van der Waals surface area contributed by atoms with Crippen molar-refractivity contribution >= 4 is 0 Å². The smallest absolute Gasteiger partial charge is 0.203 e. The predicted molar refractivity (Wildman–Crippen MR) is 71.0 cm³/mol. The zero-order chi connectivity index (χ0) is 13.5. The number of hydrogen-bond acceptors (Lipinski definition) is 4. The Kier molecular flexibility index (Phi) is 5.36. The second-order valence-electron chi connectivity index (χ2n) is 3.78. The van der Waals surface area contributed by atoms with Gasteiger partial charge in [0.05, 0.1) is 21.3 Å². The third-order valence-electron chi connectivity index (χ3n) is 2.60. The summed E-state index contributed by atoms with van der Waals surface area (Å²) in [5.41, 5.74) is 1.16. The first-order valence-electron chi connectivity index (χ1n) is 5.70. The van der Waals surface area contributed by atoms with E-state index in [2.05, 4.69) is 0 Å². The molecule has 1 aromatic rings. The summed E-state index contributed by atoms with van der Waals surface area (Å²) in [6.45, 7) is 4.53. The van der Waals surface area contributed by atoms with Crippen molar-refractivity contribution in [1.29, 1.82) is 0 Å². The number of allylic oxidation sites excluding steroid dienone is 1. The summed E-state index contributed by atoms with van der Waals surface area (Å²) in [6, 6.07) is 3.56. The first kappa shape index (κ1) is 14.2. The van der Waals surface area contributed by atoms with Gasteiger partial charge in [0.2, 0.25) is 5.75 Å². The molecule has 4 heteroatoms. The summed E-state index contributed by atoms with van der Waals surface area (Å²) in [4.78, 5) is 0. The first-order chi connectivity index (χ1) is 8.65. The Morgan fingerprint density at radius 1 is 1.06 bits per heavy atom. The summed E-state index contributed by atoms with van der Waals surface area (Å²) in [6.07, 6.45) is 2.01. The van der Waals surface area contributed by atoms with Gasteiger partial charge in [0.1, 0.15) is 12.4 Å². The molecule has 18 heavy (non-hydrogen) atoms. The quantitative estimate of drug-likeness (QED) is 0.729. The number of benzene rings is 1. The molecule has 1 rings (SSSR count). The fourth-order valence-corrected chi connectivity index (χ4v) is 1.42. The van der Waals surface area contributed by atoms with Gasteiger partial charge in [0.25, 0.3) is 0 Å². The normalized spacial score (nSPS) is 11.1. The van der Waals surface area contributed by atoms with Crippen LogP contribution < -0.4 is 18.9 Å². The zero-order valence-corrected chi connectivity index (χ0v) is 11.6. The number of rotatable bonds is 6. The molecule has 0 radical (unpaired) electrons. The Morgan fingerprint density at radius 3 is 2.00 bits per heavy atom. The van der Waals surface area contributed by atoms with Gasteiger partial charge in [0, 0.05) is 12.1 Å². The molecule has 0 unspecified atom stereocenters. The number of ether oxygens (including phenoxy) is 4. The Morgan fingerprint density at radius 2 is 1.61 bits per heavy atom. The standard InChI is InChI=1S/C14H20O4/c1-6-10(2)9-18-11-7-12(15-3)14(17-5)13(8-11)16-4/h6-8H,9H2,1-5H3/b10-6+. The Bertz CT molecular complexity index is 399. The first-order valence-corrected chi connectivity index (χ1v) is 5.70. The molecule has 0 bridgehead atoms. The molecule has 0 aliphatic rings. The minimum absolute atomic E-state index is 0.537. The molecule has 0 spiro atoms. The van der Waals surface area contributed by atoms with E-state index in [9.17, 15) is 0 Å². The minimum Gasteiger partial charge on any atom is -0.493 e. The monoisotopic (exact) mass is 252 g/mol. The summed E-state index contributed by atoms with van der Waals surface area (Å²) < 4.78 is 21.4. The Labute approximate surface area is 108 Å². The van der Waals surface area contributed by atoms with E-state index >= 15 is 0 Å². The fourth-order valence-electron chi connectivity index (χ4n) is 1.42. The van der Waals surface area contributed by atoms with Gasteiger partial charge in [-0.2, -0.15) is 0 Å². The summed E-state index contributed by atoms with van der Waals surface area (Å²) >= 11 is 0. The van der Waals surface area contributed by atoms with Gasteiger partial charge in [-0.15, -0.1) is 0 Å². The fraction of sp³-hybridized carbons (Fsp3) is 0.429. The maximum Gasteiger partial charge on any atom is 0.203 e. The lowest BCUT2D eigenvalue weighted by atomic mass is 10.2. The molecule has 0 aliphatic carbocycles. The lowest BCUT2D eigenvalue weighted by molar-refractivity contribution is 0.311. The second-order valence-corrected chi connectivity index (χ2v) is 3.78. The molecule has 0 saturated heterocycles. The van der Waals surface area contributed by atoms with Crippen LogP contribution in [0.15, 0.2) is 23.8 Å². The summed E-state index contributed by atoms with van der Waals surface area (Å²) in [7, 11) is 4.74. The molecule has 1 aromatic carbocycles. The van der Waals surface area contributed by atoms with E-state index in [1.54, 1.807) is 33.5 Å². The van der Waals surface area contributed by atoms with Crippen molar-refractivity contribution in [1.82, 2.24) is 0 Å². The van der Waals surface area contributed by atoms with Crippen LogP contribution in [0.3, 0.4) is 0 Å². The van der Waals surface area contributed by atoms with Crippen molar-refractivity contribution in [3.05, 3.63) is 23.8 Å². The summed E-state index contributed by atoms with van der Waals surface area (Å²) in [5, 5.41) is 0. The highest BCUT2D eigenvalue weighted by atomic mass is 16.5. The molecule has 0 amide bonds. The van der Waals surface area contributed by atoms with Gasteiger partial charge in [-0.25, -0.2) is 0 Å².